The van der Waals surface area contributed by atoms with E-state index in [9.17, 15) is 24.0 Å². The average Bonchev–Trinajstić information content (AvgIpc) is 3.90. The predicted molar refractivity (Wildman–Crippen MR) is 324 cm³/mol. The molecule has 1 saturated carbocycles. The number of hydrogen-bond acceptors (Lipinski definition) is 10. The van der Waals surface area contributed by atoms with Crippen LogP contribution in [0.4, 0.5) is 29.1 Å². The Hall–Kier alpha value is -9.20. The molecule has 426 valence electrons. The van der Waals surface area contributed by atoms with Gasteiger partial charge in [-0.1, -0.05) is 13.8 Å². The molecule has 15 heterocycles. The summed E-state index contributed by atoms with van der Waals surface area (Å²) >= 11 is 0. The number of hydrogen-bond donors (Lipinski definition) is 5. The lowest BCUT2D eigenvalue weighted by Crippen LogP contribution is -2.37. The summed E-state index contributed by atoms with van der Waals surface area (Å²) < 4.78 is 0. The number of amides is 5. The van der Waals surface area contributed by atoms with Crippen molar-refractivity contribution in [2.45, 2.75) is 124 Å². The normalized spacial score (nSPS) is 16.5. The van der Waals surface area contributed by atoms with Gasteiger partial charge in [0.25, 0.3) is 0 Å². The third kappa shape index (κ3) is 10.3. The molecule has 20 nitrogen and oxygen atoms in total. The highest BCUT2D eigenvalue weighted by Gasteiger charge is 2.37. The Kier molecular flexibility index (Phi) is 14.8. The molecule has 0 bridgehead atoms. The first-order chi connectivity index (χ1) is 40.3. The number of anilines is 5. The minimum atomic E-state index is 0.131. The first-order valence-corrected chi connectivity index (χ1v) is 29.0. The fourth-order valence-electron chi connectivity index (χ4n) is 12.2. The molecular formula is C63H69N15O5. The largest absolute Gasteiger partial charge is 0.361 e. The molecule has 1 aliphatic carbocycles. The van der Waals surface area contributed by atoms with E-state index in [0.717, 1.165) is 135 Å². The van der Waals surface area contributed by atoms with Gasteiger partial charge in [-0.2, -0.15) is 0 Å². The van der Waals surface area contributed by atoms with Crippen molar-refractivity contribution >= 4 is 113 Å². The van der Waals surface area contributed by atoms with E-state index in [1.165, 1.54) is 27.8 Å². The number of nitrogens with one attached hydrogen (secondary N) is 5. The van der Waals surface area contributed by atoms with Crippen molar-refractivity contribution in [3.8, 4) is 0 Å². The zero-order valence-electron chi connectivity index (χ0n) is 47.8. The summed E-state index contributed by atoms with van der Waals surface area (Å²) in [5.74, 6) is 5.36. The Morgan fingerprint density at radius 1 is 0.434 bits per heavy atom. The van der Waals surface area contributed by atoms with Crippen LogP contribution in [0.25, 0.3) is 54.5 Å². The quantitative estimate of drug-likeness (QED) is 0.109. The summed E-state index contributed by atoms with van der Waals surface area (Å²) in [6, 6.07) is 10.3. The van der Waals surface area contributed by atoms with E-state index in [1.807, 2.05) is 96.8 Å². The number of nitrogens with zero attached hydrogens (tertiary/aromatic N) is 10. The summed E-state index contributed by atoms with van der Waals surface area (Å²) in [5, 5.41) is 5.56. The van der Waals surface area contributed by atoms with Crippen LogP contribution in [0.1, 0.15) is 107 Å². The first kappa shape index (κ1) is 54.4. The number of aromatic nitrogens is 10. The standard InChI is InChI=1S/C14H17N3O.C13H13N3O.C13H15N3O.C12H13N3O.C11H11N3O/c1-9(2)8-17-12(18)4-3-10-7-16-11-5-6-15-14(17)13(10)11;17-11-4-1-8-7-15-10-5-6-14-13(12(8)10)16(11)9-2-3-9;1-8(2)16-11(17)4-3-9-7-15-10-5-6-14-13(16)12(9)10;1-2-15-10(16)4-3-8-7-14-9-5-6-13-12(15)11(8)9;1-14-9(15)3-2-7-6-13-8-4-5-12-11(14)10(7)8/h5-7,9,16H,3-4,8H2,1-2H3;5-7,9,15H,1-4H2;5-8,15H,3-4H2,1-2H3;5-7,14H,2-4H2,1H3;4-6,13H,2-3H2,1H3. The number of H-pyrrole nitrogens is 5. The Bertz CT molecular complexity index is 4020. The molecule has 10 aromatic heterocycles. The lowest BCUT2D eigenvalue weighted by molar-refractivity contribution is -0.119. The highest BCUT2D eigenvalue weighted by Crippen LogP contribution is 2.40. The van der Waals surface area contributed by atoms with Gasteiger partial charge in [0, 0.05) is 153 Å². The van der Waals surface area contributed by atoms with Crippen molar-refractivity contribution in [2.75, 3.05) is 44.6 Å². The van der Waals surface area contributed by atoms with Crippen LogP contribution >= 0.6 is 0 Å². The van der Waals surface area contributed by atoms with Gasteiger partial charge in [0.05, 0.1) is 27.6 Å². The number of rotatable bonds is 5. The minimum absolute atomic E-state index is 0.131. The highest BCUT2D eigenvalue weighted by atomic mass is 16.2. The molecule has 0 aromatic carbocycles. The van der Waals surface area contributed by atoms with E-state index in [4.69, 9.17) is 0 Å². The van der Waals surface area contributed by atoms with Gasteiger partial charge in [-0.25, -0.2) is 24.9 Å². The molecule has 6 aliphatic rings. The van der Waals surface area contributed by atoms with Gasteiger partial charge in [0.1, 0.15) is 29.1 Å². The van der Waals surface area contributed by atoms with Crippen molar-refractivity contribution < 1.29 is 24.0 Å². The molecule has 5 N–H and O–H groups in total. The lowest BCUT2D eigenvalue weighted by atomic mass is 10.1. The van der Waals surface area contributed by atoms with E-state index >= 15 is 0 Å². The lowest BCUT2D eigenvalue weighted by Gasteiger charge is -2.25. The molecule has 0 radical (unpaired) electrons. The fourth-order valence-corrected chi connectivity index (χ4v) is 12.2. The van der Waals surface area contributed by atoms with E-state index < -0.39 is 0 Å². The van der Waals surface area contributed by atoms with E-state index in [1.54, 1.807) is 47.8 Å². The van der Waals surface area contributed by atoms with Crippen LogP contribution in [0, 0.1) is 5.92 Å². The van der Waals surface area contributed by atoms with Gasteiger partial charge in [-0.15, -0.1) is 0 Å². The second-order valence-corrected chi connectivity index (χ2v) is 22.7. The monoisotopic (exact) mass is 1120 g/mol. The Balaban J connectivity index is 0.000000102. The van der Waals surface area contributed by atoms with Gasteiger partial charge < -0.3 is 24.9 Å². The van der Waals surface area contributed by atoms with Crippen molar-refractivity contribution in [3.05, 3.63) is 120 Å². The minimum Gasteiger partial charge on any atom is -0.361 e. The van der Waals surface area contributed by atoms with Crippen LogP contribution in [0.3, 0.4) is 0 Å². The second kappa shape index (κ2) is 22.6. The van der Waals surface area contributed by atoms with E-state index in [0.29, 0.717) is 50.6 Å². The maximum absolute atomic E-state index is 12.2. The van der Waals surface area contributed by atoms with Crippen molar-refractivity contribution in [1.82, 2.24) is 49.8 Å². The molecular weight excluding hydrogens is 1050 g/mol. The Morgan fingerprint density at radius 2 is 0.783 bits per heavy atom. The van der Waals surface area contributed by atoms with Crippen LogP contribution in [-0.4, -0.2) is 112 Å². The maximum atomic E-state index is 12.2. The SMILES string of the molecule is CC(C)CN1C(=O)CCc2c[nH]c3ccnc1c23.CC(C)N1C(=O)CCc2c[nH]c3ccnc1c23.CCN1C(=O)CCc2c[nH]c3ccnc1c23.CN1C(=O)CCc2c[nH]c3ccnc1c23.O=C1CCc2c[nH]c3ccnc(c23)N1C1CC1. The van der Waals surface area contributed by atoms with Crippen LogP contribution in [0.5, 0.6) is 0 Å². The highest BCUT2D eigenvalue weighted by molar-refractivity contribution is 6.08. The third-order valence-electron chi connectivity index (χ3n) is 16.4. The van der Waals surface area contributed by atoms with Crippen molar-refractivity contribution in [2.24, 2.45) is 5.92 Å². The summed E-state index contributed by atoms with van der Waals surface area (Å²) in [7, 11) is 1.78. The van der Waals surface area contributed by atoms with Crippen molar-refractivity contribution in [1.29, 1.82) is 0 Å². The molecule has 5 aliphatic heterocycles. The van der Waals surface area contributed by atoms with Gasteiger partial charge in [0.2, 0.25) is 29.5 Å². The van der Waals surface area contributed by atoms with Gasteiger partial charge >= 0.3 is 0 Å². The number of aromatic amines is 5. The third-order valence-corrected chi connectivity index (χ3v) is 16.4. The summed E-state index contributed by atoms with van der Waals surface area (Å²) in [4.78, 5) is 107. The van der Waals surface area contributed by atoms with E-state index in [2.05, 4.69) is 63.7 Å². The van der Waals surface area contributed by atoms with Gasteiger partial charge in [-0.05, 0) is 130 Å². The second-order valence-electron chi connectivity index (χ2n) is 22.7. The predicted octanol–water partition coefficient (Wildman–Crippen LogP) is 10.1. The van der Waals surface area contributed by atoms with Gasteiger partial charge in [0.15, 0.2) is 0 Å². The zero-order chi connectivity index (χ0) is 57.6. The molecule has 0 saturated heterocycles. The number of carbonyl (C=O) groups excluding carboxylic acids is 5. The van der Waals surface area contributed by atoms with E-state index in [-0.39, 0.29) is 35.6 Å². The molecule has 0 spiro atoms. The van der Waals surface area contributed by atoms with Crippen molar-refractivity contribution in [3.63, 3.8) is 0 Å². The van der Waals surface area contributed by atoms with Crippen LogP contribution in [-0.2, 0) is 56.1 Å². The topological polar surface area (TPSA) is 245 Å². The average molecular weight is 1120 g/mol. The first-order valence-electron chi connectivity index (χ1n) is 29.0. The molecule has 16 rings (SSSR count). The molecule has 0 unspecified atom stereocenters. The number of carbonyl (C=O) groups is 5. The zero-order valence-corrected chi connectivity index (χ0v) is 47.8. The summed E-state index contributed by atoms with van der Waals surface area (Å²) in [6.07, 6.45) is 27.8. The number of pyridine rings is 5. The van der Waals surface area contributed by atoms with Crippen LogP contribution < -0.4 is 24.5 Å². The molecule has 83 heavy (non-hydrogen) atoms. The molecule has 10 aromatic rings. The fraction of sp³-hybridized carbons (Fsp3) is 0.365. The smallest absolute Gasteiger partial charge is 0.228 e. The van der Waals surface area contributed by atoms with Gasteiger partial charge in [-0.3, -0.25) is 48.5 Å². The summed E-state index contributed by atoms with van der Waals surface area (Å²) in [5.41, 5.74) is 11.3. The summed E-state index contributed by atoms with van der Waals surface area (Å²) in [6.45, 7) is 11.7. The molecule has 5 amide bonds. The molecule has 0 atom stereocenters. The van der Waals surface area contributed by atoms with Crippen LogP contribution in [0.2, 0.25) is 0 Å². The number of aryl methyl sites for hydroxylation is 5. The molecule has 20 heteroatoms. The van der Waals surface area contributed by atoms with Crippen LogP contribution in [0.15, 0.2) is 92.3 Å². The Labute approximate surface area is 479 Å². The molecule has 1 fully saturated rings. The Morgan fingerprint density at radius 3 is 1.22 bits per heavy atom. The maximum Gasteiger partial charge on any atom is 0.228 e.